The second-order valence-corrected chi connectivity index (χ2v) is 8.21. The molecule has 1 saturated heterocycles. The van der Waals surface area contributed by atoms with Crippen LogP contribution in [0.4, 0.5) is 0 Å². The summed E-state index contributed by atoms with van der Waals surface area (Å²) in [5.41, 5.74) is 0. The first-order chi connectivity index (χ1) is 11.9. The zero-order chi connectivity index (χ0) is 17.1. The van der Waals surface area contributed by atoms with Gasteiger partial charge in [0, 0.05) is 0 Å². The van der Waals surface area contributed by atoms with Crippen molar-refractivity contribution in [3.8, 4) is 0 Å². The highest BCUT2D eigenvalue weighted by Gasteiger charge is 2.05. The molecule has 0 bridgehead atoms. The van der Waals surface area contributed by atoms with Gasteiger partial charge in [0.2, 0.25) is 0 Å². The summed E-state index contributed by atoms with van der Waals surface area (Å²) in [4.78, 5) is 2.79. The molecule has 1 rings (SSSR count). The molecule has 144 valence electrons. The van der Waals surface area contributed by atoms with Gasteiger partial charge < -0.3 is 4.90 Å². The summed E-state index contributed by atoms with van der Waals surface area (Å²) in [7, 11) is 0. The molecule has 0 saturated carbocycles. The SMILES string of the molecule is CCCCCCCCCCN1CCCCCCCCCCCCC1. The van der Waals surface area contributed by atoms with Crippen LogP contribution in [0.3, 0.4) is 0 Å². The Hall–Kier alpha value is -0.0400. The van der Waals surface area contributed by atoms with Crippen LogP contribution in [0, 0.1) is 0 Å². The van der Waals surface area contributed by atoms with Gasteiger partial charge in [-0.15, -0.1) is 0 Å². The third-order valence-electron chi connectivity index (χ3n) is 5.78. The maximum atomic E-state index is 2.79. The van der Waals surface area contributed by atoms with E-state index in [-0.39, 0.29) is 0 Å². The lowest BCUT2D eigenvalue weighted by atomic mass is 10.0. The second-order valence-electron chi connectivity index (χ2n) is 8.21. The van der Waals surface area contributed by atoms with Gasteiger partial charge in [0.05, 0.1) is 0 Å². The van der Waals surface area contributed by atoms with Crippen LogP contribution in [-0.2, 0) is 0 Å². The molecular weight excluding hydrogens is 290 g/mol. The Morgan fingerprint density at radius 1 is 0.458 bits per heavy atom. The molecule has 0 aromatic heterocycles. The quantitative estimate of drug-likeness (QED) is 0.389. The predicted octanol–water partition coefficient (Wildman–Crippen LogP) is 7.73. The Labute approximate surface area is 154 Å². The van der Waals surface area contributed by atoms with Crippen LogP contribution < -0.4 is 0 Å². The second kappa shape index (κ2) is 17.8. The number of hydrogen-bond donors (Lipinski definition) is 0. The number of unbranched alkanes of at least 4 members (excludes halogenated alkanes) is 7. The van der Waals surface area contributed by atoms with Gasteiger partial charge in [-0.3, -0.25) is 0 Å². The molecule has 0 aliphatic carbocycles. The first kappa shape index (κ1) is 22.0. The number of hydrogen-bond acceptors (Lipinski definition) is 1. The zero-order valence-electron chi connectivity index (χ0n) is 17.0. The van der Waals surface area contributed by atoms with Crippen molar-refractivity contribution in [2.75, 3.05) is 19.6 Å². The average molecular weight is 338 g/mol. The molecule has 1 heteroatoms. The third-order valence-corrected chi connectivity index (χ3v) is 5.78. The molecule has 1 heterocycles. The molecule has 1 nitrogen and oxygen atoms in total. The summed E-state index contributed by atoms with van der Waals surface area (Å²) in [6.45, 7) is 6.42. The highest BCUT2D eigenvalue weighted by Crippen LogP contribution is 2.14. The molecule has 1 fully saturated rings. The van der Waals surface area contributed by atoms with Gasteiger partial charge in [0.25, 0.3) is 0 Å². The lowest BCUT2D eigenvalue weighted by Crippen LogP contribution is -2.27. The first-order valence-electron chi connectivity index (χ1n) is 11.7. The van der Waals surface area contributed by atoms with Gasteiger partial charge in [0.15, 0.2) is 0 Å². The van der Waals surface area contributed by atoms with Crippen molar-refractivity contribution in [1.82, 2.24) is 4.90 Å². The van der Waals surface area contributed by atoms with Crippen LogP contribution in [0.1, 0.15) is 129 Å². The molecule has 0 aromatic rings. The van der Waals surface area contributed by atoms with Crippen molar-refractivity contribution >= 4 is 0 Å². The average Bonchev–Trinajstić information content (AvgIpc) is 2.60. The maximum Gasteiger partial charge on any atom is -0.00187 e. The highest BCUT2D eigenvalue weighted by atomic mass is 15.1. The van der Waals surface area contributed by atoms with Gasteiger partial charge in [-0.1, -0.05) is 110 Å². The summed E-state index contributed by atoms with van der Waals surface area (Å²) < 4.78 is 0. The van der Waals surface area contributed by atoms with Crippen LogP contribution in [0.25, 0.3) is 0 Å². The molecule has 0 spiro atoms. The van der Waals surface area contributed by atoms with Crippen LogP contribution in [-0.4, -0.2) is 24.5 Å². The Morgan fingerprint density at radius 2 is 0.833 bits per heavy atom. The van der Waals surface area contributed by atoms with E-state index in [1.165, 1.54) is 142 Å². The van der Waals surface area contributed by atoms with E-state index < -0.39 is 0 Å². The minimum absolute atomic E-state index is 1.37. The standard InChI is InChI=1S/C23H47N/c1-2-3-4-5-6-12-15-18-21-24-22-19-16-13-10-8-7-9-11-14-17-20-23-24/h2-23H2,1H3. The van der Waals surface area contributed by atoms with Crippen molar-refractivity contribution in [1.29, 1.82) is 0 Å². The summed E-state index contributed by atoms with van der Waals surface area (Å²) in [6.07, 6.45) is 27.8. The van der Waals surface area contributed by atoms with Crippen LogP contribution >= 0.6 is 0 Å². The summed E-state index contributed by atoms with van der Waals surface area (Å²) in [5, 5.41) is 0. The summed E-state index contributed by atoms with van der Waals surface area (Å²) in [6, 6.07) is 0. The fourth-order valence-electron chi connectivity index (χ4n) is 4.07. The molecule has 1 aliphatic heterocycles. The van der Waals surface area contributed by atoms with E-state index >= 15 is 0 Å². The maximum absolute atomic E-state index is 2.79. The molecule has 0 unspecified atom stereocenters. The monoisotopic (exact) mass is 337 g/mol. The Bertz CT molecular complexity index is 224. The van der Waals surface area contributed by atoms with Crippen molar-refractivity contribution in [2.24, 2.45) is 0 Å². The van der Waals surface area contributed by atoms with E-state index in [0.717, 1.165) is 0 Å². The van der Waals surface area contributed by atoms with Crippen molar-refractivity contribution < 1.29 is 0 Å². The van der Waals surface area contributed by atoms with E-state index in [0.29, 0.717) is 0 Å². The van der Waals surface area contributed by atoms with E-state index in [1.54, 1.807) is 0 Å². The van der Waals surface area contributed by atoms with Gasteiger partial charge in [-0.2, -0.15) is 0 Å². The molecule has 0 aromatic carbocycles. The molecule has 0 radical (unpaired) electrons. The van der Waals surface area contributed by atoms with Crippen molar-refractivity contribution in [3.63, 3.8) is 0 Å². The summed E-state index contributed by atoms with van der Waals surface area (Å²) in [5.74, 6) is 0. The smallest absolute Gasteiger partial charge is 0.00187 e. The molecule has 0 atom stereocenters. The molecule has 1 aliphatic rings. The van der Waals surface area contributed by atoms with Crippen LogP contribution in [0.2, 0.25) is 0 Å². The highest BCUT2D eigenvalue weighted by molar-refractivity contribution is 4.61. The summed E-state index contributed by atoms with van der Waals surface area (Å²) >= 11 is 0. The number of nitrogens with zero attached hydrogens (tertiary/aromatic N) is 1. The minimum atomic E-state index is 1.37. The fraction of sp³-hybridized carbons (Fsp3) is 1.00. The van der Waals surface area contributed by atoms with Crippen molar-refractivity contribution in [3.05, 3.63) is 0 Å². The van der Waals surface area contributed by atoms with Crippen molar-refractivity contribution in [2.45, 2.75) is 129 Å². The Balaban J connectivity index is 2.07. The van der Waals surface area contributed by atoms with E-state index in [9.17, 15) is 0 Å². The Kier molecular flexibility index (Phi) is 16.3. The van der Waals surface area contributed by atoms with Crippen LogP contribution in [0.5, 0.6) is 0 Å². The Morgan fingerprint density at radius 3 is 1.29 bits per heavy atom. The largest absolute Gasteiger partial charge is 0.303 e. The molecule has 24 heavy (non-hydrogen) atoms. The number of rotatable bonds is 9. The van der Waals surface area contributed by atoms with Gasteiger partial charge >= 0.3 is 0 Å². The fourth-order valence-corrected chi connectivity index (χ4v) is 4.07. The molecule has 0 amide bonds. The third kappa shape index (κ3) is 14.3. The first-order valence-corrected chi connectivity index (χ1v) is 11.7. The zero-order valence-corrected chi connectivity index (χ0v) is 17.0. The molecule has 0 N–H and O–H groups in total. The lowest BCUT2D eigenvalue weighted by molar-refractivity contribution is 0.253. The van der Waals surface area contributed by atoms with E-state index in [2.05, 4.69) is 11.8 Å². The predicted molar refractivity (Wildman–Crippen MR) is 110 cm³/mol. The van der Waals surface area contributed by atoms with Gasteiger partial charge in [-0.25, -0.2) is 0 Å². The van der Waals surface area contributed by atoms with Gasteiger partial charge in [-0.05, 0) is 38.9 Å². The van der Waals surface area contributed by atoms with Gasteiger partial charge in [0.1, 0.15) is 0 Å². The van der Waals surface area contributed by atoms with E-state index in [4.69, 9.17) is 0 Å². The van der Waals surface area contributed by atoms with Crippen LogP contribution in [0.15, 0.2) is 0 Å². The minimum Gasteiger partial charge on any atom is -0.303 e. The van der Waals surface area contributed by atoms with E-state index in [1.807, 2.05) is 0 Å². The lowest BCUT2D eigenvalue weighted by Gasteiger charge is -2.22. The normalized spacial score (nSPS) is 19.9. The molecular formula is C23H47N. The topological polar surface area (TPSA) is 3.24 Å².